The van der Waals surface area contributed by atoms with Crippen LogP contribution in [0.4, 0.5) is 5.69 Å². The smallest absolute Gasteiger partial charge is 0.488 e. The largest absolute Gasteiger partial charge is 0.504 e. The van der Waals surface area contributed by atoms with Crippen molar-refractivity contribution >= 4 is 58.7 Å². The van der Waals surface area contributed by atoms with Gasteiger partial charge in [-0.15, -0.1) is 0 Å². The summed E-state index contributed by atoms with van der Waals surface area (Å²) in [7, 11) is -0.309. The number of hydrogen-bond acceptors (Lipinski definition) is 9. The molecule has 1 fully saturated rings. The fourth-order valence-electron chi connectivity index (χ4n) is 5.89. The summed E-state index contributed by atoms with van der Waals surface area (Å²) in [6, 6.07) is 9.34. The maximum Gasteiger partial charge on any atom is 0.488 e. The van der Waals surface area contributed by atoms with Gasteiger partial charge < -0.3 is 35.2 Å². The second-order valence-corrected chi connectivity index (χ2v) is 11.6. The lowest BCUT2D eigenvalue weighted by Crippen LogP contribution is -2.39. The van der Waals surface area contributed by atoms with Crippen LogP contribution in [0.2, 0.25) is 0 Å². The number of carbonyl (C=O) groups excluding carboxylic acids is 2. The lowest BCUT2D eigenvalue weighted by molar-refractivity contribution is -0.123. The minimum atomic E-state index is -1.78. The molecule has 1 aliphatic carbocycles. The molecule has 0 bridgehead atoms. The van der Waals surface area contributed by atoms with E-state index in [9.17, 15) is 40.1 Å². The molecule has 0 radical (unpaired) electrons. The predicted molar refractivity (Wildman–Crippen MR) is 161 cm³/mol. The summed E-state index contributed by atoms with van der Waals surface area (Å²) in [4.78, 5) is 28.0. The van der Waals surface area contributed by atoms with E-state index in [1.54, 1.807) is 12.1 Å². The molecule has 2 aromatic carbocycles. The third kappa shape index (κ3) is 6.22. The highest BCUT2D eigenvalue weighted by molar-refractivity contribution is 14.1. The molecule has 12 heteroatoms. The monoisotopic (exact) mass is 677 g/mol. The van der Waals surface area contributed by atoms with E-state index in [-0.39, 0.29) is 29.7 Å². The Balaban J connectivity index is 1.57. The molecule has 0 aromatic heterocycles. The summed E-state index contributed by atoms with van der Waals surface area (Å²) in [6.07, 6.45) is 1.62. The molecule has 0 saturated carbocycles. The van der Waals surface area contributed by atoms with E-state index in [0.29, 0.717) is 26.9 Å². The summed E-state index contributed by atoms with van der Waals surface area (Å²) in [6.45, 7) is 0.968. The molecule has 1 aliphatic heterocycles. The number of ether oxygens (including phenoxy) is 1. The number of benzene rings is 2. The van der Waals surface area contributed by atoms with Gasteiger partial charge in [-0.25, -0.2) is 0 Å². The SMILES string of the molecule is COc1cc(/C=C(\C)CC[C@@H](O)C2=C(CO)C[C@H]3C(=O)N(c4cccc(B(O)O)c4)C(=O)[C@H]3[C@H]2CO)cc(I)c1O. The van der Waals surface area contributed by atoms with E-state index in [4.69, 9.17) is 4.74 Å². The average Bonchev–Trinajstić information content (AvgIpc) is 3.21. The fourth-order valence-corrected chi connectivity index (χ4v) is 6.52. The normalized spacial score (nSPS) is 21.8. The Kier molecular flexibility index (Phi) is 9.93. The topological polar surface area (TPSA) is 168 Å². The van der Waals surface area contributed by atoms with Crippen LogP contribution >= 0.6 is 22.6 Å². The van der Waals surface area contributed by atoms with Crippen molar-refractivity contribution in [1.82, 2.24) is 0 Å². The van der Waals surface area contributed by atoms with Crippen LogP contribution in [0.25, 0.3) is 6.08 Å². The van der Waals surface area contributed by atoms with Crippen LogP contribution in [0.5, 0.6) is 11.5 Å². The minimum absolute atomic E-state index is 0.0599. The summed E-state index contributed by atoms with van der Waals surface area (Å²) in [5.41, 5.74) is 2.86. The number of amides is 2. The van der Waals surface area contributed by atoms with Crippen molar-refractivity contribution in [3.63, 3.8) is 0 Å². The number of phenolic OH excluding ortho intramolecular Hbond substituents is 1. The molecular weight excluding hydrogens is 644 g/mol. The Bertz CT molecular complexity index is 1390. The molecule has 4 atom stereocenters. The quantitative estimate of drug-likeness (QED) is 0.0942. The van der Waals surface area contributed by atoms with Crippen LogP contribution in [0.3, 0.4) is 0 Å². The van der Waals surface area contributed by atoms with Gasteiger partial charge in [0.15, 0.2) is 11.5 Å². The van der Waals surface area contributed by atoms with Crippen molar-refractivity contribution in [2.24, 2.45) is 17.8 Å². The van der Waals surface area contributed by atoms with Gasteiger partial charge in [0.05, 0.1) is 47.5 Å². The number of phenols is 1. The van der Waals surface area contributed by atoms with E-state index in [1.165, 1.54) is 31.4 Å². The molecule has 0 spiro atoms. The highest BCUT2D eigenvalue weighted by atomic mass is 127. The maximum absolute atomic E-state index is 13.6. The van der Waals surface area contributed by atoms with Crippen molar-refractivity contribution in [2.45, 2.75) is 32.3 Å². The molecule has 0 unspecified atom stereocenters. The van der Waals surface area contributed by atoms with Crippen molar-refractivity contribution in [1.29, 1.82) is 0 Å². The molecule has 2 aliphatic rings. The van der Waals surface area contributed by atoms with Crippen molar-refractivity contribution in [3.8, 4) is 11.5 Å². The van der Waals surface area contributed by atoms with Crippen molar-refractivity contribution in [2.75, 3.05) is 25.2 Å². The summed E-state index contributed by atoms with van der Waals surface area (Å²) in [5.74, 6) is -3.26. The number of methoxy groups -OCH3 is 1. The van der Waals surface area contributed by atoms with Gasteiger partial charge in [-0.2, -0.15) is 0 Å². The predicted octanol–water partition coefficient (Wildman–Crippen LogP) is 1.34. The molecule has 10 nitrogen and oxygen atoms in total. The van der Waals surface area contributed by atoms with E-state index in [0.717, 1.165) is 16.0 Å². The van der Waals surface area contributed by atoms with Gasteiger partial charge >= 0.3 is 7.12 Å². The van der Waals surface area contributed by atoms with Gasteiger partial charge in [0.25, 0.3) is 0 Å². The highest BCUT2D eigenvalue weighted by Crippen LogP contribution is 2.47. The summed E-state index contributed by atoms with van der Waals surface area (Å²) >= 11 is 2.01. The number of allylic oxidation sites excluding steroid dienone is 1. The third-order valence-electron chi connectivity index (χ3n) is 7.85. The first-order valence-electron chi connectivity index (χ1n) is 13.2. The van der Waals surface area contributed by atoms with Gasteiger partial charge in [-0.05, 0) is 95.2 Å². The Morgan fingerprint density at radius 2 is 1.93 bits per heavy atom. The van der Waals surface area contributed by atoms with Gasteiger partial charge in [-0.1, -0.05) is 23.8 Å². The number of halogens is 1. The second kappa shape index (κ2) is 13.1. The van der Waals surface area contributed by atoms with E-state index in [2.05, 4.69) is 0 Å². The number of hydrogen-bond donors (Lipinski definition) is 6. The van der Waals surface area contributed by atoms with Crippen LogP contribution in [0.1, 0.15) is 31.7 Å². The first-order valence-corrected chi connectivity index (χ1v) is 14.3. The zero-order valence-electron chi connectivity index (χ0n) is 22.7. The van der Waals surface area contributed by atoms with Crippen LogP contribution in [-0.4, -0.2) is 75.8 Å². The lowest BCUT2D eigenvalue weighted by atomic mass is 9.68. The summed E-state index contributed by atoms with van der Waals surface area (Å²) < 4.78 is 5.85. The van der Waals surface area contributed by atoms with Crippen molar-refractivity contribution < 1.29 is 44.8 Å². The Labute approximate surface area is 251 Å². The van der Waals surface area contributed by atoms with Gasteiger partial charge in [0.2, 0.25) is 11.8 Å². The number of aromatic hydroxyl groups is 1. The number of aliphatic hydroxyl groups is 3. The van der Waals surface area contributed by atoms with Crippen molar-refractivity contribution in [3.05, 3.63) is 62.3 Å². The molecule has 1 heterocycles. The highest BCUT2D eigenvalue weighted by Gasteiger charge is 2.55. The minimum Gasteiger partial charge on any atom is -0.504 e. The van der Waals surface area contributed by atoms with E-state index in [1.807, 2.05) is 35.6 Å². The lowest BCUT2D eigenvalue weighted by Gasteiger charge is -2.36. The average molecular weight is 677 g/mol. The molecule has 218 valence electrons. The number of nitrogens with zero attached hydrogens (tertiary/aromatic N) is 1. The maximum atomic E-state index is 13.6. The van der Waals surface area contributed by atoms with Gasteiger partial charge in [-0.3, -0.25) is 14.5 Å². The molecule has 41 heavy (non-hydrogen) atoms. The molecule has 6 N–H and O–H groups in total. The molecule has 1 saturated heterocycles. The van der Waals surface area contributed by atoms with Crippen LogP contribution in [0.15, 0.2) is 53.1 Å². The van der Waals surface area contributed by atoms with Gasteiger partial charge in [0, 0.05) is 5.92 Å². The number of fused-ring (bicyclic) bond motifs is 1. The molecule has 2 amide bonds. The fraction of sp³-hybridized carbons (Fsp3) is 0.379. The Morgan fingerprint density at radius 3 is 2.56 bits per heavy atom. The summed E-state index contributed by atoms with van der Waals surface area (Å²) in [5, 5.41) is 61.0. The number of aliphatic hydroxyl groups excluding tert-OH is 3. The van der Waals surface area contributed by atoms with Gasteiger partial charge in [0.1, 0.15) is 0 Å². The number of carbonyl (C=O) groups is 2. The molecule has 4 rings (SSSR count). The van der Waals surface area contributed by atoms with Crippen LogP contribution in [-0.2, 0) is 9.59 Å². The standard InChI is InChI=1S/C29H33BINO9/c1-15(8-16-9-22(31)27(36)24(10-16)41-2)6-7-23(35)25-17(13-33)11-20-26(21(25)14-34)29(38)32(28(20)37)19-5-3-4-18(12-19)30(39)40/h3-5,8-10,12,20-21,23,26,33-36,39-40H,6-7,11,13-14H2,1-2H3/b15-8+/t20-,21+,23-,26-/m1/s1. The number of rotatable bonds is 10. The third-order valence-corrected chi connectivity index (χ3v) is 8.68. The number of imide groups is 1. The van der Waals surface area contributed by atoms with Crippen LogP contribution < -0.4 is 15.1 Å². The zero-order valence-corrected chi connectivity index (χ0v) is 24.9. The molecule has 2 aromatic rings. The first-order chi connectivity index (χ1) is 19.5. The Morgan fingerprint density at radius 1 is 1.20 bits per heavy atom. The number of anilines is 1. The zero-order chi connectivity index (χ0) is 30.0. The molecular formula is C29H33BINO9. The first kappa shape index (κ1) is 31.2. The Hall–Kier alpha value is -2.75. The van der Waals surface area contributed by atoms with Crippen LogP contribution in [0, 0.1) is 21.3 Å². The second-order valence-electron chi connectivity index (χ2n) is 10.4. The van der Waals surface area contributed by atoms with E-state index >= 15 is 0 Å². The van der Waals surface area contributed by atoms with E-state index < -0.39 is 56.0 Å².